The van der Waals surface area contributed by atoms with Gasteiger partial charge in [-0.05, 0) is 24.3 Å². The van der Waals surface area contributed by atoms with E-state index in [0.29, 0.717) is 5.92 Å². The lowest BCUT2D eigenvalue weighted by atomic mass is 9.89. The molecule has 0 amide bonds. The fourth-order valence-electron chi connectivity index (χ4n) is 2.23. The van der Waals surface area contributed by atoms with Crippen molar-refractivity contribution in [1.82, 2.24) is 0 Å². The Morgan fingerprint density at radius 3 is 1.94 bits per heavy atom. The van der Waals surface area contributed by atoms with Gasteiger partial charge < -0.3 is 0 Å². The van der Waals surface area contributed by atoms with E-state index in [4.69, 9.17) is 0 Å². The minimum Gasteiger partial charge on any atom is -0.298 e. The fourth-order valence-corrected chi connectivity index (χ4v) is 2.23. The van der Waals surface area contributed by atoms with E-state index in [1.54, 1.807) is 0 Å². The monoisotopic (exact) mass is 232 g/mol. The third-order valence-corrected chi connectivity index (χ3v) is 3.36. The first-order valence-corrected chi connectivity index (χ1v) is 6.87. The number of benzene rings is 1. The van der Waals surface area contributed by atoms with Gasteiger partial charge in [-0.15, -0.1) is 0 Å². The normalized spacial score (nSPS) is 10.8. The van der Waals surface area contributed by atoms with Crippen LogP contribution < -0.4 is 0 Å². The predicted molar refractivity (Wildman–Crippen MR) is 73.6 cm³/mol. The number of carbonyl (C=O) groups is 1. The predicted octanol–water partition coefficient (Wildman–Crippen LogP) is 4.96. The first-order chi connectivity index (χ1) is 8.31. The molecule has 0 fully saturated rings. The SMILES string of the molecule is CCCCC(CCCC)c1ccc(C=O)cc1. The van der Waals surface area contributed by atoms with Gasteiger partial charge in [-0.25, -0.2) is 0 Å². The highest BCUT2D eigenvalue weighted by atomic mass is 16.1. The van der Waals surface area contributed by atoms with E-state index in [-0.39, 0.29) is 0 Å². The molecule has 0 heterocycles. The Morgan fingerprint density at radius 2 is 1.53 bits per heavy atom. The van der Waals surface area contributed by atoms with E-state index in [1.165, 1.54) is 44.1 Å². The first kappa shape index (κ1) is 14.0. The van der Waals surface area contributed by atoms with Crippen LogP contribution in [0.1, 0.15) is 74.2 Å². The molecule has 1 aromatic rings. The van der Waals surface area contributed by atoms with Gasteiger partial charge in [0, 0.05) is 5.56 Å². The molecule has 1 heteroatoms. The van der Waals surface area contributed by atoms with Gasteiger partial charge in [0.1, 0.15) is 6.29 Å². The van der Waals surface area contributed by atoms with E-state index < -0.39 is 0 Å². The number of carbonyl (C=O) groups excluding carboxylic acids is 1. The summed E-state index contributed by atoms with van der Waals surface area (Å²) in [7, 11) is 0. The second kappa shape index (κ2) is 8.05. The summed E-state index contributed by atoms with van der Waals surface area (Å²) in [6.45, 7) is 4.48. The summed E-state index contributed by atoms with van der Waals surface area (Å²) < 4.78 is 0. The summed E-state index contributed by atoms with van der Waals surface area (Å²) in [5.41, 5.74) is 2.18. The molecule has 1 rings (SSSR count). The summed E-state index contributed by atoms with van der Waals surface area (Å²) in [6, 6.07) is 8.12. The molecule has 0 N–H and O–H groups in total. The third-order valence-electron chi connectivity index (χ3n) is 3.36. The topological polar surface area (TPSA) is 17.1 Å². The number of unbranched alkanes of at least 4 members (excludes halogenated alkanes) is 2. The van der Waals surface area contributed by atoms with Crippen molar-refractivity contribution in [2.75, 3.05) is 0 Å². The summed E-state index contributed by atoms with van der Waals surface area (Å²) in [6.07, 6.45) is 8.57. The number of aldehydes is 1. The molecule has 94 valence electrons. The van der Waals surface area contributed by atoms with E-state index in [9.17, 15) is 4.79 Å². The van der Waals surface area contributed by atoms with Crippen LogP contribution in [0.25, 0.3) is 0 Å². The Kier molecular flexibility index (Phi) is 6.61. The highest BCUT2D eigenvalue weighted by molar-refractivity contribution is 5.74. The fraction of sp³-hybridized carbons (Fsp3) is 0.562. The van der Waals surface area contributed by atoms with E-state index in [0.717, 1.165) is 11.8 Å². The van der Waals surface area contributed by atoms with Crippen molar-refractivity contribution in [3.8, 4) is 0 Å². The van der Waals surface area contributed by atoms with Crippen molar-refractivity contribution >= 4 is 6.29 Å². The zero-order valence-electron chi connectivity index (χ0n) is 11.1. The van der Waals surface area contributed by atoms with E-state index >= 15 is 0 Å². The van der Waals surface area contributed by atoms with Gasteiger partial charge in [-0.1, -0.05) is 63.8 Å². The summed E-state index contributed by atoms with van der Waals surface area (Å²) >= 11 is 0. The molecule has 0 saturated heterocycles. The van der Waals surface area contributed by atoms with Gasteiger partial charge in [0.25, 0.3) is 0 Å². The molecule has 1 nitrogen and oxygen atoms in total. The van der Waals surface area contributed by atoms with E-state index in [2.05, 4.69) is 26.0 Å². The largest absolute Gasteiger partial charge is 0.298 e. The molecule has 0 aliphatic heterocycles. The molecular formula is C16H24O. The number of hydrogen-bond donors (Lipinski definition) is 0. The number of hydrogen-bond acceptors (Lipinski definition) is 1. The zero-order chi connectivity index (χ0) is 12.5. The molecule has 0 aliphatic carbocycles. The highest BCUT2D eigenvalue weighted by Gasteiger charge is 2.10. The van der Waals surface area contributed by atoms with Crippen LogP contribution in [-0.2, 0) is 0 Å². The van der Waals surface area contributed by atoms with Crippen molar-refractivity contribution in [2.24, 2.45) is 0 Å². The quantitative estimate of drug-likeness (QED) is 0.579. The lowest BCUT2D eigenvalue weighted by Gasteiger charge is -2.17. The Balaban J connectivity index is 2.68. The molecule has 0 unspecified atom stereocenters. The minimum atomic E-state index is 0.676. The lowest BCUT2D eigenvalue weighted by Crippen LogP contribution is -1.99. The molecule has 1 aromatic carbocycles. The molecule has 0 bridgehead atoms. The van der Waals surface area contributed by atoms with Gasteiger partial charge >= 0.3 is 0 Å². The molecule has 0 atom stereocenters. The van der Waals surface area contributed by atoms with E-state index in [1.807, 2.05) is 12.1 Å². The summed E-state index contributed by atoms with van der Waals surface area (Å²) in [5.74, 6) is 0.676. The van der Waals surface area contributed by atoms with Crippen molar-refractivity contribution in [1.29, 1.82) is 0 Å². The minimum absolute atomic E-state index is 0.676. The van der Waals surface area contributed by atoms with Gasteiger partial charge in [-0.3, -0.25) is 4.79 Å². The Hall–Kier alpha value is -1.11. The van der Waals surface area contributed by atoms with Crippen molar-refractivity contribution in [3.63, 3.8) is 0 Å². The van der Waals surface area contributed by atoms with Crippen LogP contribution in [0.4, 0.5) is 0 Å². The maximum atomic E-state index is 10.6. The maximum Gasteiger partial charge on any atom is 0.150 e. The Bertz CT molecular complexity index is 305. The molecule has 0 aromatic heterocycles. The third kappa shape index (κ3) is 4.72. The van der Waals surface area contributed by atoms with Crippen molar-refractivity contribution in [2.45, 2.75) is 58.3 Å². The second-order valence-electron chi connectivity index (χ2n) is 4.77. The molecule has 0 saturated carbocycles. The van der Waals surface area contributed by atoms with Crippen LogP contribution in [0.15, 0.2) is 24.3 Å². The average molecular weight is 232 g/mol. The van der Waals surface area contributed by atoms with Crippen LogP contribution >= 0.6 is 0 Å². The van der Waals surface area contributed by atoms with Gasteiger partial charge in [0.15, 0.2) is 0 Å². The van der Waals surface area contributed by atoms with Gasteiger partial charge in [0.05, 0.1) is 0 Å². The van der Waals surface area contributed by atoms with Crippen molar-refractivity contribution in [3.05, 3.63) is 35.4 Å². The molecular weight excluding hydrogens is 208 g/mol. The second-order valence-corrected chi connectivity index (χ2v) is 4.77. The molecule has 0 aliphatic rings. The van der Waals surface area contributed by atoms with Crippen LogP contribution in [0.2, 0.25) is 0 Å². The smallest absolute Gasteiger partial charge is 0.150 e. The Morgan fingerprint density at radius 1 is 1.00 bits per heavy atom. The lowest BCUT2D eigenvalue weighted by molar-refractivity contribution is 0.112. The number of rotatable bonds is 8. The van der Waals surface area contributed by atoms with Crippen LogP contribution in [0, 0.1) is 0 Å². The van der Waals surface area contributed by atoms with Crippen molar-refractivity contribution < 1.29 is 4.79 Å². The summed E-state index contributed by atoms with van der Waals surface area (Å²) in [5, 5.41) is 0. The highest BCUT2D eigenvalue weighted by Crippen LogP contribution is 2.27. The van der Waals surface area contributed by atoms with Gasteiger partial charge in [-0.2, -0.15) is 0 Å². The standard InChI is InChI=1S/C16H24O/c1-3-5-7-15(8-6-4-2)16-11-9-14(13-17)10-12-16/h9-13,15H,3-8H2,1-2H3. The van der Waals surface area contributed by atoms with Crippen LogP contribution in [-0.4, -0.2) is 6.29 Å². The van der Waals surface area contributed by atoms with Crippen LogP contribution in [0.5, 0.6) is 0 Å². The average Bonchev–Trinajstić information content (AvgIpc) is 2.39. The first-order valence-electron chi connectivity index (χ1n) is 6.87. The molecule has 17 heavy (non-hydrogen) atoms. The van der Waals surface area contributed by atoms with Crippen LogP contribution in [0.3, 0.4) is 0 Å². The molecule has 0 spiro atoms. The molecule has 0 radical (unpaired) electrons. The summed E-state index contributed by atoms with van der Waals surface area (Å²) in [4.78, 5) is 10.6. The zero-order valence-corrected chi connectivity index (χ0v) is 11.1. The van der Waals surface area contributed by atoms with Gasteiger partial charge in [0.2, 0.25) is 0 Å². The Labute approximate surface area is 105 Å². The maximum absolute atomic E-state index is 10.6.